The third-order valence-corrected chi connectivity index (χ3v) is 5.03. The molecule has 7 heteroatoms. The van der Waals surface area contributed by atoms with E-state index in [-0.39, 0.29) is 17.5 Å². The van der Waals surface area contributed by atoms with E-state index < -0.39 is 9.84 Å². The standard InChI is InChI=1S/C13H15N3O3S/c17-20(18)7-6-11(9-20)14-8-12-15-16-13(19-12)10-4-2-1-3-5-10/h1-5,11,14H,6-9H2. The van der Waals surface area contributed by atoms with E-state index in [2.05, 4.69) is 15.5 Å². The van der Waals surface area contributed by atoms with Crippen LogP contribution in [0.2, 0.25) is 0 Å². The van der Waals surface area contributed by atoms with Crippen molar-refractivity contribution in [2.24, 2.45) is 0 Å². The number of nitrogens with zero attached hydrogens (tertiary/aromatic N) is 2. The molecule has 1 fully saturated rings. The molecule has 6 nitrogen and oxygen atoms in total. The maximum Gasteiger partial charge on any atom is 0.247 e. The fraction of sp³-hybridized carbons (Fsp3) is 0.385. The zero-order valence-electron chi connectivity index (χ0n) is 10.8. The molecule has 1 atom stereocenters. The van der Waals surface area contributed by atoms with Crippen LogP contribution in [0.4, 0.5) is 0 Å². The number of benzene rings is 1. The lowest BCUT2D eigenvalue weighted by Crippen LogP contribution is -2.29. The lowest BCUT2D eigenvalue weighted by atomic mass is 10.2. The monoisotopic (exact) mass is 293 g/mol. The normalized spacial score (nSPS) is 21.1. The minimum atomic E-state index is -2.87. The van der Waals surface area contributed by atoms with E-state index in [9.17, 15) is 8.42 Å². The van der Waals surface area contributed by atoms with Crippen molar-refractivity contribution in [3.05, 3.63) is 36.2 Å². The molecule has 3 rings (SSSR count). The molecule has 1 unspecified atom stereocenters. The van der Waals surface area contributed by atoms with Gasteiger partial charge in [-0.2, -0.15) is 0 Å². The molecule has 1 N–H and O–H groups in total. The third-order valence-electron chi connectivity index (χ3n) is 3.26. The van der Waals surface area contributed by atoms with Crippen molar-refractivity contribution in [1.29, 1.82) is 0 Å². The molecule has 1 aliphatic rings. The molecule has 0 bridgehead atoms. The van der Waals surface area contributed by atoms with Gasteiger partial charge in [0, 0.05) is 11.6 Å². The first-order valence-electron chi connectivity index (χ1n) is 6.44. The fourth-order valence-corrected chi connectivity index (χ4v) is 3.92. The number of hydrogen-bond donors (Lipinski definition) is 1. The Labute approximate surface area is 117 Å². The average Bonchev–Trinajstić information content (AvgIpc) is 3.04. The first kappa shape index (κ1) is 13.3. The molecule has 106 valence electrons. The summed E-state index contributed by atoms with van der Waals surface area (Å²) in [6, 6.07) is 9.50. The van der Waals surface area contributed by atoms with E-state index in [0.29, 0.717) is 24.7 Å². The molecule has 1 saturated heterocycles. The number of nitrogens with one attached hydrogen (secondary N) is 1. The number of aromatic nitrogens is 2. The van der Waals surface area contributed by atoms with Crippen LogP contribution in [0.5, 0.6) is 0 Å². The highest BCUT2D eigenvalue weighted by molar-refractivity contribution is 7.91. The molecule has 0 radical (unpaired) electrons. The van der Waals surface area contributed by atoms with Gasteiger partial charge in [0.25, 0.3) is 0 Å². The van der Waals surface area contributed by atoms with E-state index in [1.165, 1.54) is 0 Å². The lowest BCUT2D eigenvalue weighted by Gasteiger charge is -2.07. The van der Waals surface area contributed by atoms with Gasteiger partial charge in [0.15, 0.2) is 9.84 Å². The van der Waals surface area contributed by atoms with Crippen LogP contribution in [-0.2, 0) is 16.4 Å². The van der Waals surface area contributed by atoms with Gasteiger partial charge in [-0.15, -0.1) is 10.2 Å². The van der Waals surface area contributed by atoms with Gasteiger partial charge in [0.1, 0.15) is 0 Å². The van der Waals surface area contributed by atoms with Gasteiger partial charge in [0.05, 0.1) is 18.1 Å². The Hall–Kier alpha value is -1.73. The van der Waals surface area contributed by atoms with Crippen LogP contribution in [0.15, 0.2) is 34.7 Å². The lowest BCUT2D eigenvalue weighted by molar-refractivity contribution is 0.451. The summed E-state index contributed by atoms with van der Waals surface area (Å²) in [5.41, 5.74) is 0.870. The fourth-order valence-electron chi connectivity index (χ4n) is 2.21. The van der Waals surface area contributed by atoms with Gasteiger partial charge >= 0.3 is 0 Å². The van der Waals surface area contributed by atoms with Crippen LogP contribution in [0, 0.1) is 0 Å². The smallest absolute Gasteiger partial charge is 0.247 e. The Bertz CT molecular complexity index is 682. The van der Waals surface area contributed by atoms with Gasteiger partial charge in [-0.05, 0) is 18.6 Å². The molecule has 0 spiro atoms. The first-order valence-corrected chi connectivity index (χ1v) is 8.26. The van der Waals surface area contributed by atoms with E-state index in [1.54, 1.807) is 0 Å². The second-order valence-electron chi connectivity index (χ2n) is 4.85. The van der Waals surface area contributed by atoms with E-state index in [0.717, 1.165) is 5.56 Å². The summed E-state index contributed by atoms with van der Waals surface area (Å²) in [4.78, 5) is 0. The summed E-state index contributed by atoms with van der Waals surface area (Å²) in [5, 5.41) is 11.1. The Morgan fingerprint density at radius 3 is 2.75 bits per heavy atom. The molecule has 1 aliphatic heterocycles. The van der Waals surface area contributed by atoms with Crippen LogP contribution < -0.4 is 5.32 Å². The maximum absolute atomic E-state index is 11.4. The highest BCUT2D eigenvalue weighted by atomic mass is 32.2. The Morgan fingerprint density at radius 1 is 1.25 bits per heavy atom. The van der Waals surface area contributed by atoms with Gasteiger partial charge in [0.2, 0.25) is 11.8 Å². The summed E-state index contributed by atoms with van der Waals surface area (Å²) in [7, 11) is -2.87. The minimum absolute atomic E-state index is 0.0212. The highest BCUT2D eigenvalue weighted by Crippen LogP contribution is 2.17. The zero-order valence-corrected chi connectivity index (χ0v) is 11.6. The summed E-state index contributed by atoms with van der Waals surface area (Å²) in [6.45, 7) is 0.389. The van der Waals surface area contributed by atoms with E-state index >= 15 is 0 Å². The quantitative estimate of drug-likeness (QED) is 0.905. The van der Waals surface area contributed by atoms with Crippen molar-refractivity contribution in [2.45, 2.75) is 19.0 Å². The van der Waals surface area contributed by atoms with Gasteiger partial charge in [-0.1, -0.05) is 18.2 Å². The minimum Gasteiger partial charge on any atom is -0.419 e. The van der Waals surface area contributed by atoms with Crippen molar-refractivity contribution in [3.8, 4) is 11.5 Å². The van der Waals surface area contributed by atoms with Crippen LogP contribution in [-0.4, -0.2) is 36.2 Å². The molecule has 1 aromatic carbocycles. The molecule has 0 saturated carbocycles. The summed E-state index contributed by atoms with van der Waals surface area (Å²) in [6.07, 6.45) is 0.641. The van der Waals surface area contributed by atoms with E-state index in [1.807, 2.05) is 30.3 Å². The van der Waals surface area contributed by atoms with Gasteiger partial charge in [-0.3, -0.25) is 0 Å². The van der Waals surface area contributed by atoms with Crippen molar-refractivity contribution in [2.75, 3.05) is 11.5 Å². The predicted octanol–water partition coefficient (Wildman–Crippen LogP) is 1.01. The number of sulfone groups is 1. The van der Waals surface area contributed by atoms with Crippen molar-refractivity contribution in [3.63, 3.8) is 0 Å². The van der Waals surface area contributed by atoms with Gasteiger partial charge in [-0.25, -0.2) is 8.42 Å². The molecular weight excluding hydrogens is 278 g/mol. The molecular formula is C13H15N3O3S. The Balaban J connectivity index is 1.61. The van der Waals surface area contributed by atoms with E-state index in [4.69, 9.17) is 4.42 Å². The Morgan fingerprint density at radius 2 is 2.05 bits per heavy atom. The van der Waals surface area contributed by atoms with Gasteiger partial charge < -0.3 is 9.73 Å². The van der Waals surface area contributed by atoms with Crippen LogP contribution >= 0.6 is 0 Å². The average molecular weight is 293 g/mol. The summed E-state index contributed by atoms with van der Waals surface area (Å²) >= 11 is 0. The maximum atomic E-state index is 11.4. The number of rotatable bonds is 4. The molecule has 1 aromatic heterocycles. The van der Waals surface area contributed by atoms with Crippen LogP contribution in [0.3, 0.4) is 0 Å². The molecule has 0 aliphatic carbocycles. The van der Waals surface area contributed by atoms with Crippen molar-refractivity contribution < 1.29 is 12.8 Å². The van der Waals surface area contributed by atoms with Crippen molar-refractivity contribution in [1.82, 2.24) is 15.5 Å². The summed E-state index contributed by atoms with van der Waals surface area (Å²) in [5.74, 6) is 1.38. The first-order chi connectivity index (χ1) is 9.62. The predicted molar refractivity (Wildman–Crippen MR) is 73.6 cm³/mol. The van der Waals surface area contributed by atoms with Crippen LogP contribution in [0.25, 0.3) is 11.5 Å². The van der Waals surface area contributed by atoms with Crippen LogP contribution in [0.1, 0.15) is 12.3 Å². The third kappa shape index (κ3) is 3.05. The number of hydrogen-bond acceptors (Lipinski definition) is 6. The second-order valence-corrected chi connectivity index (χ2v) is 7.08. The molecule has 2 aromatic rings. The second kappa shape index (κ2) is 5.34. The molecule has 2 heterocycles. The molecule has 20 heavy (non-hydrogen) atoms. The van der Waals surface area contributed by atoms with Crippen molar-refractivity contribution >= 4 is 9.84 Å². The SMILES string of the molecule is O=S1(=O)CCC(NCc2nnc(-c3ccccc3)o2)C1. The Kier molecular flexibility index (Phi) is 3.54. The molecule has 0 amide bonds. The zero-order chi connectivity index (χ0) is 14.0. The topological polar surface area (TPSA) is 85.1 Å². The highest BCUT2D eigenvalue weighted by Gasteiger charge is 2.27. The largest absolute Gasteiger partial charge is 0.419 e. The summed E-state index contributed by atoms with van der Waals surface area (Å²) < 4.78 is 28.2.